The second-order valence-electron chi connectivity index (χ2n) is 7.78. The lowest BCUT2D eigenvalue weighted by molar-refractivity contribution is -0.175. The van der Waals surface area contributed by atoms with E-state index in [0.717, 1.165) is 0 Å². The fourth-order valence-corrected chi connectivity index (χ4v) is 5.69. The van der Waals surface area contributed by atoms with Gasteiger partial charge in [0.15, 0.2) is 19.5 Å². The highest BCUT2D eigenvalue weighted by Crippen LogP contribution is 2.49. The van der Waals surface area contributed by atoms with Crippen LogP contribution in [0.15, 0.2) is 0 Å². The molecule has 1 saturated carbocycles. The SMILES string of the molecule is COC(=O)C1(C(=O)OC)CC[C@@H](O[Si](C)(C)C)[C@@H](C(=O)CP(=O)(OC)OC)C1. The Morgan fingerprint density at radius 1 is 1.00 bits per heavy atom. The Morgan fingerprint density at radius 3 is 1.89 bits per heavy atom. The van der Waals surface area contributed by atoms with Gasteiger partial charge < -0.3 is 22.9 Å². The summed E-state index contributed by atoms with van der Waals surface area (Å²) in [6.45, 7) is 5.94. The first-order chi connectivity index (χ1) is 12.9. The van der Waals surface area contributed by atoms with Crippen LogP contribution in [0.25, 0.3) is 0 Å². The van der Waals surface area contributed by atoms with Gasteiger partial charge in [-0.25, -0.2) is 0 Å². The fourth-order valence-electron chi connectivity index (χ4n) is 3.47. The molecule has 0 saturated heterocycles. The molecule has 28 heavy (non-hydrogen) atoms. The first kappa shape index (κ1) is 25.0. The Kier molecular flexibility index (Phi) is 8.58. The van der Waals surface area contributed by atoms with Crippen LogP contribution >= 0.6 is 7.60 Å². The van der Waals surface area contributed by atoms with Crippen molar-refractivity contribution in [3.05, 3.63) is 0 Å². The van der Waals surface area contributed by atoms with Gasteiger partial charge in [0.05, 0.1) is 20.3 Å². The molecule has 1 rings (SSSR count). The summed E-state index contributed by atoms with van der Waals surface area (Å²) >= 11 is 0. The Bertz CT molecular complexity index is 619. The highest BCUT2D eigenvalue weighted by Gasteiger charge is 2.56. The zero-order valence-corrected chi connectivity index (χ0v) is 19.5. The van der Waals surface area contributed by atoms with E-state index in [-0.39, 0.29) is 19.3 Å². The quantitative estimate of drug-likeness (QED) is 0.232. The number of methoxy groups -OCH3 is 2. The second-order valence-corrected chi connectivity index (χ2v) is 14.5. The van der Waals surface area contributed by atoms with Crippen molar-refractivity contribution in [1.82, 2.24) is 0 Å². The van der Waals surface area contributed by atoms with E-state index in [1.54, 1.807) is 0 Å². The number of ketones is 1. The van der Waals surface area contributed by atoms with Gasteiger partial charge in [-0.15, -0.1) is 0 Å². The summed E-state index contributed by atoms with van der Waals surface area (Å²) in [5, 5.41) is 0. The number of ether oxygens (including phenoxy) is 2. The van der Waals surface area contributed by atoms with E-state index < -0.39 is 57.2 Å². The molecule has 0 bridgehead atoms. The Morgan fingerprint density at radius 2 is 1.50 bits per heavy atom. The Hall–Kier alpha value is -1.06. The van der Waals surface area contributed by atoms with Gasteiger partial charge >= 0.3 is 19.5 Å². The molecular formula is C17H31O9PSi. The molecule has 0 aromatic heterocycles. The summed E-state index contributed by atoms with van der Waals surface area (Å²) in [7, 11) is -0.901. The van der Waals surface area contributed by atoms with Crippen molar-refractivity contribution >= 4 is 33.6 Å². The number of esters is 2. The minimum absolute atomic E-state index is 0.136. The van der Waals surface area contributed by atoms with E-state index in [0.29, 0.717) is 0 Å². The summed E-state index contributed by atoms with van der Waals surface area (Å²) in [6.07, 6.45) is -0.710. The smallest absolute Gasteiger partial charge is 0.337 e. The molecule has 0 spiro atoms. The normalized spacial score (nSPS) is 22.4. The number of rotatable bonds is 9. The molecule has 1 aliphatic carbocycles. The van der Waals surface area contributed by atoms with Crippen LogP contribution in [-0.4, -0.2) is 66.7 Å². The van der Waals surface area contributed by atoms with Crippen molar-refractivity contribution in [2.75, 3.05) is 34.6 Å². The molecule has 11 heteroatoms. The molecule has 0 aromatic carbocycles. The second kappa shape index (κ2) is 9.62. The number of hydrogen-bond acceptors (Lipinski definition) is 9. The maximum absolute atomic E-state index is 13.0. The van der Waals surface area contributed by atoms with Crippen molar-refractivity contribution in [3.8, 4) is 0 Å². The van der Waals surface area contributed by atoms with Crippen molar-refractivity contribution in [3.63, 3.8) is 0 Å². The van der Waals surface area contributed by atoms with Crippen LogP contribution in [0.2, 0.25) is 19.6 Å². The van der Waals surface area contributed by atoms with E-state index in [9.17, 15) is 18.9 Å². The van der Waals surface area contributed by atoms with Gasteiger partial charge in [0.2, 0.25) is 0 Å². The standard InChI is InChI=1S/C17H31O9PSi/c1-22-15(19)17(16(20)23-2)9-8-14(26-28(5,6)7)12(10-17)13(18)11-27(21,24-3)25-4/h12,14H,8-11H2,1-7H3/t12-,14-/m1/s1. The third-order valence-electron chi connectivity index (χ3n) is 4.85. The Labute approximate surface area is 167 Å². The lowest BCUT2D eigenvalue weighted by atomic mass is 9.67. The zero-order chi connectivity index (χ0) is 21.8. The molecule has 1 aliphatic rings. The van der Waals surface area contributed by atoms with Crippen LogP contribution in [0.1, 0.15) is 19.3 Å². The third-order valence-corrected chi connectivity index (χ3v) is 7.67. The first-order valence-electron chi connectivity index (χ1n) is 8.96. The van der Waals surface area contributed by atoms with Gasteiger partial charge in [-0.2, -0.15) is 0 Å². The van der Waals surface area contributed by atoms with E-state index in [4.69, 9.17) is 22.9 Å². The lowest BCUT2D eigenvalue weighted by Gasteiger charge is -2.42. The molecule has 0 amide bonds. The highest BCUT2D eigenvalue weighted by molar-refractivity contribution is 7.54. The van der Waals surface area contributed by atoms with E-state index >= 15 is 0 Å². The Balaban J connectivity index is 3.30. The van der Waals surface area contributed by atoms with Crippen molar-refractivity contribution in [1.29, 1.82) is 0 Å². The fraction of sp³-hybridized carbons (Fsp3) is 0.824. The summed E-state index contributed by atoms with van der Waals surface area (Å²) < 4.78 is 38.0. The van der Waals surface area contributed by atoms with Crippen LogP contribution in [0.4, 0.5) is 0 Å². The molecule has 162 valence electrons. The van der Waals surface area contributed by atoms with Crippen LogP contribution < -0.4 is 0 Å². The maximum atomic E-state index is 13.0. The number of Topliss-reactive ketones (excluding diaryl/α,β-unsaturated/α-hetero) is 1. The largest absolute Gasteiger partial charge is 0.468 e. The van der Waals surface area contributed by atoms with E-state index in [1.807, 2.05) is 19.6 Å². The van der Waals surface area contributed by atoms with Gasteiger partial charge in [0, 0.05) is 20.1 Å². The van der Waals surface area contributed by atoms with Crippen molar-refractivity contribution < 1.29 is 41.9 Å². The molecule has 0 radical (unpaired) electrons. The van der Waals surface area contributed by atoms with E-state index in [1.165, 1.54) is 28.4 Å². The summed E-state index contributed by atoms with van der Waals surface area (Å²) in [4.78, 5) is 38.0. The zero-order valence-electron chi connectivity index (χ0n) is 17.6. The maximum Gasteiger partial charge on any atom is 0.337 e. The molecule has 1 fully saturated rings. The molecule has 0 N–H and O–H groups in total. The van der Waals surface area contributed by atoms with Crippen molar-refractivity contribution in [2.24, 2.45) is 11.3 Å². The van der Waals surface area contributed by atoms with Gasteiger partial charge in [-0.05, 0) is 38.9 Å². The predicted octanol–water partition coefficient (Wildman–Crippen LogP) is 2.39. The van der Waals surface area contributed by atoms with Gasteiger partial charge in [0.1, 0.15) is 6.16 Å². The average molecular weight is 438 g/mol. The predicted molar refractivity (Wildman–Crippen MR) is 104 cm³/mol. The molecule has 0 aliphatic heterocycles. The van der Waals surface area contributed by atoms with Crippen molar-refractivity contribution in [2.45, 2.75) is 45.0 Å². The van der Waals surface area contributed by atoms with Gasteiger partial charge in [-0.3, -0.25) is 18.9 Å². The topological polar surface area (TPSA) is 114 Å². The first-order valence-corrected chi connectivity index (χ1v) is 14.1. The minimum Gasteiger partial charge on any atom is -0.468 e. The molecule has 0 heterocycles. The van der Waals surface area contributed by atoms with Crippen LogP contribution in [0.3, 0.4) is 0 Å². The monoisotopic (exact) mass is 438 g/mol. The highest BCUT2D eigenvalue weighted by atomic mass is 31.2. The minimum atomic E-state index is -3.61. The van der Waals surface area contributed by atoms with Gasteiger partial charge in [-0.1, -0.05) is 0 Å². The molecule has 0 aromatic rings. The summed E-state index contributed by atoms with van der Waals surface area (Å²) in [6, 6.07) is 0. The molecule has 9 nitrogen and oxygen atoms in total. The van der Waals surface area contributed by atoms with Crippen LogP contribution in [0.5, 0.6) is 0 Å². The number of carbonyl (C=O) groups is 3. The molecule has 2 atom stereocenters. The summed E-state index contributed by atoms with van der Waals surface area (Å²) in [5.74, 6) is -2.82. The van der Waals surface area contributed by atoms with Gasteiger partial charge in [0.25, 0.3) is 0 Å². The summed E-state index contributed by atoms with van der Waals surface area (Å²) in [5.41, 5.74) is -1.60. The lowest BCUT2D eigenvalue weighted by Crippen LogP contribution is -2.52. The van der Waals surface area contributed by atoms with Crippen LogP contribution in [0, 0.1) is 11.3 Å². The number of hydrogen-bond donors (Lipinski definition) is 0. The number of carbonyl (C=O) groups excluding carboxylic acids is 3. The third kappa shape index (κ3) is 5.73. The molecule has 0 unspecified atom stereocenters. The molecular weight excluding hydrogens is 407 g/mol. The average Bonchev–Trinajstić information content (AvgIpc) is 2.65. The van der Waals surface area contributed by atoms with E-state index in [2.05, 4.69) is 0 Å². The van der Waals surface area contributed by atoms with Crippen LogP contribution in [-0.2, 0) is 41.9 Å².